The van der Waals surface area contributed by atoms with Crippen molar-refractivity contribution in [1.29, 1.82) is 0 Å². The van der Waals surface area contributed by atoms with Gasteiger partial charge in [-0.05, 0) is 30.9 Å². The second-order valence-electron chi connectivity index (χ2n) is 6.08. The van der Waals surface area contributed by atoms with E-state index in [1.807, 2.05) is 29.6 Å². The van der Waals surface area contributed by atoms with Crippen LogP contribution in [-0.2, 0) is 4.74 Å². The van der Waals surface area contributed by atoms with E-state index >= 15 is 0 Å². The Labute approximate surface area is 152 Å². The molecule has 1 heterocycles. The first kappa shape index (κ1) is 17.6. The van der Waals surface area contributed by atoms with E-state index in [0.29, 0.717) is 4.58 Å². The minimum atomic E-state index is 0.622. The first-order chi connectivity index (χ1) is 11.4. The van der Waals surface area contributed by atoms with Gasteiger partial charge in [-0.25, -0.2) is 0 Å². The Morgan fingerprint density at radius 3 is 2.57 bits per heavy atom. The van der Waals surface area contributed by atoms with E-state index in [1.165, 1.54) is 48.5 Å². The molecule has 3 rings (SSSR count). The summed E-state index contributed by atoms with van der Waals surface area (Å²) in [5, 5.41) is 0. The number of thioether (sulfide) groups is 2. The van der Waals surface area contributed by atoms with Crippen LogP contribution in [-0.4, -0.2) is 28.6 Å². The fourth-order valence-electron chi connectivity index (χ4n) is 2.94. The van der Waals surface area contributed by atoms with Gasteiger partial charge in [0, 0.05) is 34.8 Å². The summed E-state index contributed by atoms with van der Waals surface area (Å²) in [6.07, 6.45) is 7.75. The molecule has 1 aliphatic heterocycles. The second kappa shape index (κ2) is 9.90. The molecule has 0 amide bonds. The minimum Gasteiger partial charge on any atom is -0.480 e. The van der Waals surface area contributed by atoms with Crippen molar-refractivity contribution < 1.29 is 4.74 Å². The topological polar surface area (TPSA) is 21.6 Å². The predicted molar refractivity (Wildman–Crippen MR) is 106 cm³/mol. The van der Waals surface area contributed by atoms with E-state index in [4.69, 9.17) is 9.13 Å². The molecule has 1 aliphatic carbocycles. The number of ether oxygens (including phenoxy) is 1. The van der Waals surface area contributed by atoms with Gasteiger partial charge in [-0.2, -0.15) is 4.40 Å². The van der Waals surface area contributed by atoms with Crippen molar-refractivity contribution in [3.63, 3.8) is 0 Å². The van der Waals surface area contributed by atoms with Crippen LogP contribution in [0.15, 0.2) is 39.6 Å². The van der Waals surface area contributed by atoms with Crippen LogP contribution >= 0.6 is 35.5 Å². The molecule has 0 atom stereocenters. The lowest BCUT2D eigenvalue weighted by molar-refractivity contribution is 0.196. The molecule has 1 aromatic rings. The number of rotatable bonds is 6. The normalized spacial score (nSPS) is 20.8. The van der Waals surface area contributed by atoms with Gasteiger partial charge in [-0.1, -0.05) is 37.5 Å². The molecule has 0 N–H and O–H groups in total. The van der Waals surface area contributed by atoms with Gasteiger partial charge < -0.3 is 4.74 Å². The van der Waals surface area contributed by atoms with Gasteiger partial charge in [0.1, 0.15) is 0 Å². The molecule has 0 unspecified atom stereocenters. The fourth-order valence-corrected chi connectivity index (χ4v) is 6.34. The maximum atomic E-state index is 6.17. The number of hydrogen-bond donors (Lipinski definition) is 0. The fraction of sp³-hybridized carbons (Fsp3) is 0.611. The smallest absolute Gasteiger partial charge is 0.197 e. The van der Waals surface area contributed by atoms with Gasteiger partial charge in [0.2, 0.25) is 0 Å². The van der Waals surface area contributed by atoms with E-state index in [9.17, 15) is 0 Å². The highest BCUT2D eigenvalue weighted by molar-refractivity contribution is 8.20. The lowest BCUT2D eigenvalue weighted by Gasteiger charge is -2.22. The van der Waals surface area contributed by atoms with Crippen LogP contribution in [0.25, 0.3) is 0 Å². The highest BCUT2D eigenvalue weighted by Gasteiger charge is 2.21. The van der Waals surface area contributed by atoms with Crippen LogP contribution in [0.3, 0.4) is 0 Å². The molecule has 2 nitrogen and oxygen atoms in total. The van der Waals surface area contributed by atoms with E-state index in [-0.39, 0.29) is 0 Å². The average molecular weight is 368 g/mol. The molecule has 0 spiro atoms. The highest BCUT2D eigenvalue weighted by atomic mass is 32.2. The molecule has 1 aromatic carbocycles. The van der Waals surface area contributed by atoms with Crippen LogP contribution in [0.4, 0.5) is 0 Å². The van der Waals surface area contributed by atoms with Crippen molar-refractivity contribution in [1.82, 2.24) is 0 Å². The molecule has 1 saturated carbocycles. The Bertz CT molecular complexity index is 482. The molecule has 5 heteroatoms. The lowest BCUT2D eigenvalue weighted by atomic mass is 9.90. The van der Waals surface area contributed by atoms with Crippen molar-refractivity contribution in [3.8, 4) is 0 Å². The molecule has 0 bridgehead atoms. The van der Waals surface area contributed by atoms with Crippen molar-refractivity contribution in [3.05, 3.63) is 30.3 Å². The van der Waals surface area contributed by atoms with Crippen molar-refractivity contribution in [2.45, 2.75) is 48.0 Å². The summed E-state index contributed by atoms with van der Waals surface area (Å²) in [7, 11) is 0. The van der Waals surface area contributed by atoms with Gasteiger partial charge in [-0.15, -0.1) is 23.5 Å². The van der Waals surface area contributed by atoms with Crippen LogP contribution < -0.4 is 0 Å². The molecule has 23 heavy (non-hydrogen) atoms. The average Bonchev–Trinajstić information content (AvgIpc) is 3.12. The van der Waals surface area contributed by atoms with Crippen molar-refractivity contribution in [2.24, 2.45) is 10.3 Å². The summed E-state index contributed by atoms with van der Waals surface area (Å²) in [4.78, 5) is 1.18. The zero-order valence-corrected chi connectivity index (χ0v) is 15.9. The number of nitrogens with zero attached hydrogens (tertiary/aromatic N) is 1. The highest BCUT2D eigenvalue weighted by Crippen LogP contribution is 2.35. The Balaban J connectivity index is 1.55. The second-order valence-corrected chi connectivity index (χ2v) is 9.84. The third kappa shape index (κ3) is 6.28. The molecule has 126 valence electrons. The molecule has 0 aromatic heterocycles. The van der Waals surface area contributed by atoms with Gasteiger partial charge in [0.15, 0.2) is 5.90 Å². The van der Waals surface area contributed by atoms with Crippen LogP contribution in [0, 0.1) is 5.92 Å². The van der Waals surface area contributed by atoms with Crippen LogP contribution in [0.2, 0.25) is 0 Å². The largest absolute Gasteiger partial charge is 0.480 e. The SMILES string of the molecule is c1ccc(SN=C(CC2SCCS2)OCC2CCCCC2)cc1. The van der Waals surface area contributed by atoms with Crippen LogP contribution in [0.1, 0.15) is 38.5 Å². The Morgan fingerprint density at radius 1 is 1.09 bits per heavy atom. The molecular formula is C18H25NOS3. The quantitative estimate of drug-likeness (QED) is 0.355. The Kier molecular flexibility index (Phi) is 7.56. The first-order valence-electron chi connectivity index (χ1n) is 8.55. The van der Waals surface area contributed by atoms with Gasteiger partial charge in [0.05, 0.1) is 11.2 Å². The van der Waals surface area contributed by atoms with Crippen molar-refractivity contribution in [2.75, 3.05) is 18.1 Å². The third-order valence-electron chi connectivity index (χ3n) is 4.24. The molecule has 2 aliphatic rings. The zero-order chi connectivity index (χ0) is 15.7. The van der Waals surface area contributed by atoms with Crippen molar-refractivity contribution >= 4 is 41.4 Å². The zero-order valence-electron chi connectivity index (χ0n) is 13.5. The lowest BCUT2D eigenvalue weighted by Crippen LogP contribution is -2.18. The standard InChI is InChI=1S/C18H25NOS3/c1-3-7-15(8-4-1)14-20-17(13-18-21-11-12-22-18)19-23-16-9-5-2-6-10-16/h2,5-6,9-10,15,18H,1,3-4,7-8,11-14H2. The maximum Gasteiger partial charge on any atom is 0.197 e. The minimum absolute atomic E-state index is 0.622. The molecular weight excluding hydrogens is 342 g/mol. The van der Waals surface area contributed by atoms with E-state index in [2.05, 4.69) is 24.3 Å². The monoisotopic (exact) mass is 367 g/mol. The Morgan fingerprint density at radius 2 is 1.83 bits per heavy atom. The first-order valence-corrected chi connectivity index (χ1v) is 11.4. The molecule has 1 saturated heterocycles. The summed E-state index contributed by atoms with van der Waals surface area (Å²) in [5.74, 6) is 4.20. The Hall–Kier alpha value is -0.260. The number of benzene rings is 1. The summed E-state index contributed by atoms with van der Waals surface area (Å²) in [6.45, 7) is 0.857. The van der Waals surface area contributed by atoms with Gasteiger partial charge >= 0.3 is 0 Å². The molecule has 2 fully saturated rings. The summed E-state index contributed by atoms with van der Waals surface area (Å²) >= 11 is 5.64. The van der Waals surface area contributed by atoms with Crippen LogP contribution in [0.5, 0.6) is 0 Å². The number of hydrogen-bond acceptors (Lipinski definition) is 5. The maximum absolute atomic E-state index is 6.17. The summed E-state index contributed by atoms with van der Waals surface area (Å²) in [6, 6.07) is 10.4. The van der Waals surface area contributed by atoms with Gasteiger partial charge in [-0.3, -0.25) is 0 Å². The summed E-state index contributed by atoms with van der Waals surface area (Å²) in [5.41, 5.74) is 0. The van der Waals surface area contributed by atoms with E-state index < -0.39 is 0 Å². The van der Waals surface area contributed by atoms with E-state index in [0.717, 1.165) is 24.8 Å². The molecule has 0 radical (unpaired) electrons. The van der Waals surface area contributed by atoms with E-state index in [1.54, 1.807) is 11.9 Å². The predicted octanol–water partition coefficient (Wildman–Crippen LogP) is 5.89. The third-order valence-corrected chi connectivity index (χ3v) is 8.05. The van der Waals surface area contributed by atoms with Gasteiger partial charge in [0.25, 0.3) is 0 Å². The summed E-state index contributed by atoms with van der Waals surface area (Å²) < 4.78 is 11.5.